The van der Waals surface area contributed by atoms with Crippen molar-refractivity contribution in [1.82, 2.24) is 9.80 Å². The maximum Gasteiger partial charge on any atom is 0.339 e. The maximum absolute atomic E-state index is 16.0. The highest BCUT2D eigenvalue weighted by Crippen LogP contribution is 2.87. The number of aryl methyl sites for hydroxylation is 2. The average molecular weight is 880 g/mol. The Balaban J connectivity index is 1.07. The van der Waals surface area contributed by atoms with Crippen LogP contribution in [-0.2, 0) is 52.0 Å². The third-order valence-electron chi connectivity index (χ3n) is 19.7. The van der Waals surface area contributed by atoms with E-state index in [2.05, 4.69) is 103 Å². The molecule has 7 heteroatoms. The molecule has 15 aliphatic rings. The number of benzene rings is 3. The van der Waals surface area contributed by atoms with E-state index in [1.54, 1.807) is 0 Å². The highest BCUT2D eigenvalue weighted by Gasteiger charge is 2.92. The highest BCUT2D eigenvalue weighted by atomic mass is 16.6. The lowest BCUT2D eigenvalue weighted by molar-refractivity contribution is -0.275. The van der Waals surface area contributed by atoms with Crippen molar-refractivity contribution < 1.29 is 19.1 Å². The number of rotatable bonds is 3. The molecule has 340 valence electrons. The van der Waals surface area contributed by atoms with E-state index in [4.69, 9.17) is 15.2 Å². The van der Waals surface area contributed by atoms with Crippen LogP contribution in [0.5, 0.6) is 0 Å². The van der Waals surface area contributed by atoms with Crippen LogP contribution in [0.25, 0.3) is 0 Å². The van der Waals surface area contributed by atoms with E-state index in [-0.39, 0.29) is 35.2 Å². The van der Waals surface area contributed by atoms with Crippen LogP contribution < -0.4 is 5.73 Å². The Labute approximate surface area is 390 Å². The third kappa shape index (κ3) is 5.17. The number of nitrogens with zero attached hydrogens (tertiary/aromatic N) is 2. The summed E-state index contributed by atoms with van der Waals surface area (Å²) in [5.41, 5.74) is 18.8. The van der Waals surface area contributed by atoms with Crippen molar-refractivity contribution in [2.45, 2.75) is 115 Å². The van der Waals surface area contributed by atoms with E-state index in [0.717, 1.165) is 127 Å². The number of carbonyl (C=O) groups is 2. The molecule has 0 amide bonds. The summed E-state index contributed by atoms with van der Waals surface area (Å²) in [4.78, 5) is 36.7. The Morgan fingerprint density at radius 2 is 1.70 bits per heavy atom. The molecule has 3 aromatic rings. The fourth-order valence-electron chi connectivity index (χ4n) is 17.6. The minimum absolute atomic E-state index is 0.106. The van der Waals surface area contributed by atoms with Crippen molar-refractivity contribution in [3.05, 3.63) is 152 Å². The van der Waals surface area contributed by atoms with Crippen molar-refractivity contribution in [2.75, 3.05) is 32.7 Å². The van der Waals surface area contributed by atoms with Gasteiger partial charge in [-0.1, -0.05) is 97.3 Å². The fourth-order valence-corrected chi connectivity index (χ4v) is 17.6. The van der Waals surface area contributed by atoms with E-state index in [9.17, 15) is 4.79 Å². The molecule has 3 saturated heterocycles. The molecule has 5 aliphatic carbocycles. The first kappa shape index (κ1) is 40.4. The van der Waals surface area contributed by atoms with Crippen molar-refractivity contribution in [3.63, 3.8) is 0 Å². The largest absolute Gasteiger partial charge is 0.449 e. The lowest BCUT2D eigenvalue weighted by atomic mass is 9.29. The van der Waals surface area contributed by atoms with Crippen molar-refractivity contribution in [1.29, 1.82) is 0 Å². The summed E-state index contributed by atoms with van der Waals surface area (Å²) in [6.07, 6.45) is 20.3. The zero-order valence-electron chi connectivity index (χ0n) is 39.0. The van der Waals surface area contributed by atoms with Gasteiger partial charge in [0, 0.05) is 60.7 Å². The van der Waals surface area contributed by atoms with E-state index < -0.39 is 16.4 Å². The molecule has 18 bridgehead atoms. The predicted octanol–water partition coefficient (Wildman–Crippen LogP) is 9.71. The molecule has 1 saturated carbocycles. The molecule has 10 heterocycles. The van der Waals surface area contributed by atoms with Gasteiger partial charge in [0.15, 0.2) is 5.60 Å². The number of hydrogen-bond acceptors (Lipinski definition) is 7. The first-order chi connectivity index (χ1) is 32.1. The summed E-state index contributed by atoms with van der Waals surface area (Å²) >= 11 is 0. The average Bonchev–Trinajstić information content (AvgIpc) is 3.75. The molecule has 0 radical (unpaired) electrons. The minimum atomic E-state index is -1.02. The Morgan fingerprint density at radius 3 is 2.56 bits per heavy atom. The predicted molar refractivity (Wildman–Crippen MR) is 255 cm³/mol. The minimum Gasteiger partial charge on any atom is -0.449 e. The molecule has 10 aliphatic heterocycles. The van der Waals surface area contributed by atoms with Gasteiger partial charge in [-0.25, -0.2) is 4.79 Å². The number of esters is 2. The third-order valence-corrected chi connectivity index (χ3v) is 19.7. The normalized spacial score (nSPS) is 38.6. The molecule has 11 unspecified atom stereocenters. The van der Waals surface area contributed by atoms with Gasteiger partial charge in [-0.15, -0.1) is 0 Å². The van der Waals surface area contributed by atoms with Crippen LogP contribution in [0, 0.1) is 45.8 Å². The van der Waals surface area contributed by atoms with E-state index in [0.29, 0.717) is 29.9 Å². The molecule has 66 heavy (non-hydrogen) atoms. The summed E-state index contributed by atoms with van der Waals surface area (Å²) < 4.78 is 14.3. The summed E-state index contributed by atoms with van der Waals surface area (Å²) in [6, 6.07) is 23.9. The number of allylic oxidation sites excluding steroid dienone is 4. The number of nitrogens with two attached hydrogens (primary N) is 1. The zero-order valence-corrected chi connectivity index (χ0v) is 39.0. The lowest BCUT2D eigenvalue weighted by Crippen LogP contribution is -2.77. The van der Waals surface area contributed by atoms with E-state index in [1.807, 2.05) is 0 Å². The van der Waals surface area contributed by atoms with Gasteiger partial charge in [0.2, 0.25) is 0 Å². The van der Waals surface area contributed by atoms with Crippen LogP contribution in [0.3, 0.4) is 0 Å². The monoisotopic (exact) mass is 879 g/mol. The molecule has 18 rings (SSSR count). The Morgan fingerprint density at radius 1 is 0.864 bits per heavy atom. The van der Waals surface area contributed by atoms with Gasteiger partial charge in [0.05, 0.1) is 11.0 Å². The van der Waals surface area contributed by atoms with Gasteiger partial charge >= 0.3 is 11.9 Å². The van der Waals surface area contributed by atoms with Crippen LogP contribution in [0.4, 0.5) is 0 Å². The number of ether oxygens (including phenoxy) is 2. The standard InChI is InChI=1S/C59H65N3O4/c1-35-12-18-48-53-45-20-21-57-50-19-13-36(2)61-31-42-30-56(33-61,34-62(48)32-42)29-38-16-14-37(15-17-38)23-40-24-39-7-3-4-11-49(59(57)46-10-5-8-43(9-6-22-60)52(46)54(63)66-59)58(57,55(64)65-50)47(45)28-44(51(35)53)27-41(25-39)26-40/h5,8,10,14-19,24-26,28,35-36,42,49,51,53H,3-4,6-7,9,11-13,20-23,27,29-34,60H2,1-2H3. The Hall–Kier alpha value is -4.72. The van der Waals surface area contributed by atoms with Crippen LogP contribution in [0.15, 0.2) is 107 Å². The SMILES string of the molecule is CC1CC=C2C3C4=C5C=C(Cc6cc7cc(c6)Cc6ccc(cc6)CC68CC(CN2C6)CN(C8)C(C)CC=C2OC(=O)C56C(CCCC7)C5(OC(=O)c7c(CCCN)cccc75)C26CC4)C13. The number of fused-ring (bicyclic) bond motifs is 6. The smallest absolute Gasteiger partial charge is 0.339 e. The van der Waals surface area contributed by atoms with Crippen molar-refractivity contribution in [3.8, 4) is 0 Å². The molecule has 0 aromatic heterocycles. The Kier molecular flexibility index (Phi) is 8.66. The quantitative estimate of drug-likeness (QED) is 0.263. The highest BCUT2D eigenvalue weighted by molar-refractivity contribution is 6.00. The van der Waals surface area contributed by atoms with Gasteiger partial charge < -0.3 is 20.1 Å². The molecule has 3 aromatic carbocycles. The van der Waals surface area contributed by atoms with Crippen LogP contribution in [0.1, 0.15) is 121 Å². The number of piperidine rings is 2. The zero-order chi connectivity index (χ0) is 44.3. The number of hydrogen-bond donors (Lipinski definition) is 1. The van der Waals surface area contributed by atoms with Crippen LogP contribution in [0.2, 0.25) is 0 Å². The number of carbonyl (C=O) groups excluding carboxylic acids is 2. The second-order valence-corrected chi connectivity index (χ2v) is 23.3. The molecule has 2 N–H and O–H groups in total. The molecule has 4 fully saturated rings. The van der Waals surface area contributed by atoms with E-state index >= 15 is 4.79 Å². The van der Waals surface area contributed by atoms with Gasteiger partial charge in [-0.3, -0.25) is 9.69 Å². The summed E-state index contributed by atoms with van der Waals surface area (Å²) in [7, 11) is 0. The first-order valence-electron chi connectivity index (χ1n) is 26.0. The van der Waals surface area contributed by atoms with Crippen molar-refractivity contribution in [2.24, 2.45) is 51.6 Å². The molecular formula is C59H65N3O4. The maximum atomic E-state index is 16.0. The molecule has 4 spiro atoms. The van der Waals surface area contributed by atoms with Gasteiger partial charge in [-0.05, 0) is 160 Å². The molecule has 11 atom stereocenters. The van der Waals surface area contributed by atoms with E-state index in [1.165, 1.54) is 56.7 Å². The lowest BCUT2D eigenvalue weighted by Gasteiger charge is -2.71. The second-order valence-electron chi connectivity index (χ2n) is 23.3. The summed E-state index contributed by atoms with van der Waals surface area (Å²) in [5, 5.41) is 0. The van der Waals surface area contributed by atoms with Crippen LogP contribution in [-0.4, -0.2) is 60.5 Å². The van der Waals surface area contributed by atoms with Gasteiger partial charge in [0.25, 0.3) is 0 Å². The topological polar surface area (TPSA) is 85.1 Å². The Bertz CT molecular complexity index is 2760. The summed E-state index contributed by atoms with van der Waals surface area (Å²) in [6.45, 7) is 9.75. The van der Waals surface area contributed by atoms with Crippen molar-refractivity contribution >= 4 is 11.9 Å². The fraction of sp³-hybridized carbons (Fsp3) is 0.525. The second kappa shape index (κ2) is 14.2. The first-order valence-corrected chi connectivity index (χ1v) is 26.0. The van der Waals surface area contributed by atoms with Crippen LogP contribution >= 0.6 is 0 Å². The summed E-state index contributed by atoms with van der Waals surface area (Å²) in [5.74, 6) is 1.71. The molecule has 7 nitrogen and oxygen atoms in total. The molecular weight excluding hydrogens is 815 g/mol. The van der Waals surface area contributed by atoms with Gasteiger partial charge in [0.1, 0.15) is 11.2 Å². The van der Waals surface area contributed by atoms with Gasteiger partial charge in [-0.2, -0.15) is 0 Å².